The summed E-state index contributed by atoms with van der Waals surface area (Å²) in [4.78, 5) is 8.74. The second-order valence-corrected chi connectivity index (χ2v) is 6.95. The first-order chi connectivity index (χ1) is 12.5. The predicted octanol–water partition coefficient (Wildman–Crippen LogP) is 2.94. The molecule has 0 N–H and O–H groups in total. The normalized spacial score (nSPS) is 17.7. The zero-order valence-corrected chi connectivity index (χ0v) is 15.6. The lowest BCUT2D eigenvalue weighted by molar-refractivity contribution is 0.198. The number of nitrogens with zero attached hydrogens (tertiary/aromatic N) is 3. The Labute approximate surface area is 154 Å². The van der Waals surface area contributed by atoms with Crippen LogP contribution >= 0.6 is 0 Å². The number of hydrogen-bond acceptors (Lipinski definition) is 5. The lowest BCUT2D eigenvalue weighted by Crippen LogP contribution is -2.24. The van der Waals surface area contributed by atoms with Crippen LogP contribution in [0.1, 0.15) is 17.7 Å². The fourth-order valence-electron chi connectivity index (χ4n) is 3.24. The molecule has 0 bridgehead atoms. The quantitative estimate of drug-likeness (QED) is 0.760. The maximum Gasteiger partial charge on any atom is 0.165 e. The van der Waals surface area contributed by atoms with Gasteiger partial charge in [0.2, 0.25) is 0 Å². The third-order valence-electron chi connectivity index (χ3n) is 4.42. The van der Waals surface area contributed by atoms with Gasteiger partial charge in [0.15, 0.2) is 11.6 Å². The van der Waals surface area contributed by atoms with E-state index in [1.165, 1.54) is 7.11 Å². The molecule has 1 aromatic heterocycles. The van der Waals surface area contributed by atoms with Crippen molar-refractivity contribution in [3.05, 3.63) is 53.6 Å². The molecule has 0 radical (unpaired) electrons. The Morgan fingerprint density at radius 2 is 2.12 bits per heavy atom. The highest BCUT2D eigenvalue weighted by atomic mass is 19.1. The van der Waals surface area contributed by atoms with Gasteiger partial charge in [0.05, 0.1) is 12.8 Å². The van der Waals surface area contributed by atoms with Crippen molar-refractivity contribution in [2.45, 2.75) is 25.6 Å². The molecule has 3 rings (SSSR count). The maximum absolute atomic E-state index is 13.8. The molecule has 0 spiro atoms. The van der Waals surface area contributed by atoms with E-state index in [1.807, 2.05) is 32.3 Å². The molecule has 2 heterocycles. The number of ether oxygens (including phenoxy) is 2. The van der Waals surface area contributed by atoms with Gasteiger partial charge in [-0.2, -0.15) is 0 Å². The molecule has 1 aliphatic heterocycles. The summed E-state index contributed by atoms with van der Waals surface area (Å²) in [5, 5.41) is 0. The summed E-state index contributed by atoms with van der Waals surface area (Å²) in [7, 11) is 5.52. The number of likely N-dealkylation sites (tertiary alicyclic amines) is 1. The Morgan fingerprint density at radius 3 is 2.85 bits per heavy atom. The summed E-state index contributed by atoms with van der Waals surface area (Å²) in [5.74, 6) is 0.823. The van der Waals surface area contributed by atoms with Gasteiger partial charge < -0.3 is 14.4 Å². The minimum Gasteiger partial charge on any atom is -0.494 e. The van der Waals surface area contributed by atoms with E-state index in [1.54, 1.807) is 18.3 Å². The van der Waals surface area contributed by atoms with Gasteiger partial charge in [0.1, 0.15) is 11.9 Å². The van der Waals surface area contributed by atoms with Crippen LogP contribution in [0.5, 0.6) is 11.5 Å². The standard InChI is InChI=1S/C20H26FN3O2/c1-23(2)13-16-11-17(6-8-22-16)26-18-7-9-24(14-18)12-15-4-5-20(25-3)19(21)10-15/h4-6,8,10-11,18H,7,9,12-14H2,1-3H3. The lowest BCUT2D eigenvalue weighted by atomic mass is 10.2. The molecule has 1 aromatic carbocycles. The van der Waals surface area contributed by atoms with Gasteiger partial charge in [-0.05, 0) is 44.3 Å². The topological polar surface area (TPSA) is 37.8 Å². The summed E-state index contributed by atoms with van der Waals surface area (Å²) in [5.41, 5.74) is 1.94. The zero-order chi connectivity index (χ0) is 18.5. The van der Waals surface area contributed by atoms with Crippen LogP contribution in [-0.4, -0.2) is 55.2 Å². The summed E-state index contributed by atoms with van der Waals surface area (Å²) >= 11 is 0. The van der Waals surface area contributed by atoms with Crippen LogP contribution in [-0.2, 0) is 13.1 Å². The minimum atomic E-state index is -0.317. The van der Waals surface area contributed by atoms with Crippen molar-refractivity contribution >= 4 is 0 Å². The van der Waals surface area contributed by atoms with Crippen LogP contribution in [0.4, 0.5) is 4.39 Å². The molecule has 1 saturated heterocycles. The van der Waals surface area contributed by atoms with E-state index in [2.05, 4.69) is 14.8 Å². The van der Waals surface area contributed by atoms with Gasteiger partial charge >= 0.3 is 0 Å². The van der Waals surface area contributed by atoms with E-state index >= 15 is 0 Å². The molecule has 140 valence electrons. The fourth-order valence-corrected chi connectivity index (χ4v) is 3.24. The summed E-state index contributed by atoms with van der Waals surface area (Å²) in [6, 6.07) is 9.04. The smallest absolute Gasteiger partial charge is 0.165 e. The van der Waals surface area contributed by atoms with Crippen molar-refractivity contribution in [3.8, 4) is 11.5 Å². The van der Waals surface area contributed by atoms with Crippen molar-refractivity contribution in [1.82, 2.24) is 14.8 Å². The van der Waals surface area contributed by atoms with Crippen molar-refractivity contribution in [2.75, 3.05) is 34.3 Å². The van der Waals surface area contributed by atoms with Crippen molar-refractivity contribution < 1.29 is 13.9 Å². The second kappa shape index (κ2) is 8.47. The van der Waals surface area contributed by atoms with Crippen molar-refractivity contribution in [2.24, 2.45) is 0 Å². The van der Waals surface area contributed by atoms with E-state index < -0.39 is 0 Å². The van der Waals surface area contributed by atoms with E-state index in [-0.39, 0.29) is 17.7 Å². The first-order valence-electron chi connectivity index (χ1n) is 8.84. The first kappa shape index (κ1) is 18.6. The number of rotatable bonds is 7. The minimum absolute atomic E-state index is 0.146. The Morgan fingerprint density at radius 1 is 1.27 bits per heavy atom. The number of benzene rings is 1. The summed E-state index contributed by atoms with van der Waals surface area (Å²) in [6.45, 7) is 3.27. The molecule has 1 aliphatic rings. The number of aromatic nitrogens is 1. The van der Waals surface area contributed by atoms with Gasteiger partial charge in [0.25, 0.3) is 0 Å². The maximum atomic E-state index is 13.8. The number of hydrogen-bond donors (Lipinski definition) is 0. The molecule has 6 heteroatoms. The Balaban J connectivity index is 1.55. The summed E-state index contributed by atoms with van der Waals surface area (Å²) in [6.07, 6.45) is 2.90. The number of halogens is 1. The van der Waals surface area contributed by atoms with E-state index in [0.717, 1.165) is 43.1 Å². The van der Waals surface area contributed by atoms with Crippen LogP contribution < -0.4 is 9.47 Å². The number of pyridine rings is 1. The average Bonchev–Trinajstić information content (AvgIpc) is 3.01. The first-order valence-corrected chi connectivity index (χ1v) is 8.84. The molecular formula is C20H26FN3O2. The molecular weight excluding hydrogens is 333 g/mol. The summed E-state index contributed by atoms with van der Waals surface area (Å²) < 4.78 is 24.9. The Kier molecular flexibility index (Phi) is 6.06. The average molecular weight is 359 g/mol. The highest BCUT2D eigenvalue weighted by Gasteiger charge is 2.24. The highest BCUT2D eigenvalue weighted by molar-refractivity contribution is 5.29. The molecule has 0 amide bonds. The van der Waals surface area contributed by atoms with Gasteiger partial charge in [-0.15, -0.1) is 0 Å². The van der Waals surface area contributed by atoms with E-state index in [9.17, 15) is 4.39 Å². The molecule has 26 heavy (non-hydrogen) atoms. The molecule has 1 unspecified atom stereocenters. The van der Waals surface area contributed by atoms with Crippen molar-refractivity contribution in [1.29, 1.82) is 0 Å². The second-order valence-electron chi connectivity index (χ2n) is 6.95. The third-order valence-corrected chi connectivity index (χ3v) is 4.42. The third kappa shape index (κ3) is 4.93. The molecule has 2 aromatic rings. The van der Waals surface area contributed by atoms with E-state index in [4.69, 9.17) is 9.47 Å². The van der Waals surface area contributed by atoms with Crippen LogP contribution in [0.3, 0.4) is 0 Å². The Hall–Kier alpha value is -2.18. The monoisotopic (exact) mass is 359 g/mol. The highest BCUT2D eigenvalue weighted by Crippen LogP contribution is 2.22. The largest absolute Gasteiger partial charge is 0.494 e. The van der Waals surface area contributed by atoms with Crippen LogP contribution in [0.25, 0.3) is 0 Å². The van der Waals surface area contributed by atoms with Crippen LogP contribution in [0, 0.1) is 5.82 Å². The molecule has 1 atom stereocenters. The predicted molar refractivity (Wildman–Crippen MR) is 98.9 cm³/mol. The van der Waals surface area contributed by atoms with Gasteiger partial charge in [-0.3, -0.25) is 9.88 Å². The van der Waals surface area contributed by atoms with Crippen LogP contribution in [0.15, 0.2) is 36.5 Å². The molecule has 0 aliphatic carbocycles. The molecule has 5 nitrogen and oxygen atoms in total. The van der Waals surface area contributed by atoms with Crippen LogP contribution in [0.2, 0.25) is 0 Å². The van der Waals surface area contributed by atoms with Gasteiger partial charge in [-0.1, -0.05) is 6.07 Å². The molecule has 1 fully saturated rings. The van der Waals surface area contributed by atoms with Gasteiger partial charge in [-0.25, -0.2) is 4.39 Å². The SMILES string of the molecule is COc1ccc(CN2CCC(Oc3ccnc(CN(C)C)c3)C2)cc1F. The molecule has 0 saturated carbocycles. The lowest BCUT2D eigenvalue weighted by Gasteiger charge is -2.18. The number of methoxy groups -OCH3 is 1. The Bertz CT molecular complexity index is 739. The van der Waals surface area contributed by atoms with Crippen molar-refractivity contribution in [3.63, 3.8) is 0 Å². The zero-order valence-electron chi connectivity index (χ0n) is 15.6. The van der Waals surface area contributed by atoms with Gasteiger partial charge in [0, 0.05) is 38.4 Å². The fraction of sp³-hybridized carbons (Fsp3) is 0.450. The van der Waals surface area contributed by atoms with E-state index in [0.29, 0.717) is 6.54 Å².